The van der Waals surface area contributed by atoms with E-state index >= 15 is 0 Å². The minimum Gasteiger partial charge on any atom is -0.477 e. The molecule has 0 amide bonds. The van der Waals surface area contributed by atoms with Crippen LogP contribution in [0.5, 0.6) is 0 Å². The van der Waals surface area contributed by atoms with Crippen molar-refractivity contribution in [1.29, 1.82) is 0 Å². The maximum absolute atomic E-state index is 11.3. The summed E-state index contributed by atoms with van der Waals surface area (Å²) in [5.74, 6) is -0.962. The molecule has 0 aliphatic carbocycles. The average molecular weight is 268 g/mol. The van der Waals surface area contributed by atoms with Crippen molar-refractivity contribution in [2.45, 2.75) is 32.7 Å². The zero-order valence-electron chi connectivity index (χ0n) is 10.2. The van der Waals surface area contributed by atoms with Crippen molar-refractivity contribution >= 4 is 28.6 Å². The van der Waals surface area contributed by atoms with E-state index in [1.165, 1.54) is 0 Å². The van der Waals surface area contributed by atoms with Gasteiger partial charge in [-0.15, -0.1) is 0 Å². The first-order chi connectivity index (χ1) is 8.58. The van der Waals surface area contributed by atoms with Gasteiger partial charge in [0.15, 0.2) is 0 Å². The number of carboxylic acid groups (broad SMARTS) is 1. The first-order valence-electron chi connectivity index (χ1n) is 5.85. The number of aromatic nitrogens is 3. The maximum Gasteiger partial charge on any atom is 0.352 e. The lowest BCUT2D eigenvalue weighted by Crippen LogP contribution is -2.14. The summed E-state index contributed by atoms with van der Waals surface area (Å²) in [5.41, 5.74) is 0.816. The average Bonchev–Trinajstić information content (AvgIpc) is 2.70. The third-order valence-corrected chi connectivity index (χ3v) is 3.26. The molecular weight excluding hydrogens is 254 g/mol. The Hall–Kier alpha value is -1.62. The molecule has 0 bridgehead atoms. The molecule has 0 unspecified atom stereocenters. The molecule has 0 aromatic carbocycles. The molecular formula is C12H14ClN3O2. The van der Waals surface area contributed by atoms with Crippen LogP contribution < -0.4 is 0 Å². The van der Waals surface area contributed by atoms with Gasteiger partial charge in [-0.25, -0.2) is 9.78 Å². The summed E-state index contributed by atoms with van der Waals surface area (Å²) in [7, 11) is 0. The van der Waals surface area contributed by atoms with E-state index < -0.39 is 5.97 Å². The smallest absolute Gasteiger partial charge is 0.352 e. The molecule has 0 spiro atoms. The Labute approximate surface area is 109 Å². The molecule has 2 heterocycles. The van der Waals surface area contributed by atoms with Gasteiger partial charge in [0.05, 0.1) is 0 Å². The molecule has 2 aromatic rings. The van der Waals surface area contributed by atoms with Gasteiger partial charge in [-0.2, -0.15) is 4.98 Å². The number of carbonyl (C=O) groups is 1. The molecule has 0 saturated heterocycles. The monoisotopic (exact) mass is 267 g/mol. The molecule has 96 valence electrons. The van der Waals surface area contributed by atoms with Crippen molar-refractivity contribution < 1.29 is 9.90 Å². The zero-order valence-corrected chi connectivity index (χ0v) is 11.0. The van der Waals surface area contributed by atoms with E-state index in [1.807, 2.05) is 13.8 Å². The predicted molar refractivity (Wildman–Crippen MR) is 69.1 cm³/mol. The van der Waals surface area contributed by atoms with E-state index in [9.17, 15) is 9.90 Å². The third-order valence-electron chi connectivity index (χ3n) is 3.07. The van der Waals surface area contributed by atoms with E-state index in [1.54, 1.807) is 16.8 Å². The van der Waals surface area contributed by atoms with Gasteiger partial charge in [-0.1, -0.05) is 13.8 Å². The number of rotatable bonds is 4. The van der Waals surface area contributed by atoms with Gasteiger partial charge in [-0.05, 0) is 30.5 Å². The van der Waals surface area contributed by atoms with Gasteiger partial charge in [-0.3, -0.25) is 0 Å². The summed E-state index contributed by atoms with van der Waals surface area (Å²) in [6, 6.07) is 1.69. The summed E-state index contributed by atoms with van der Waals surface area (Å²) in [4.78, 5) is 19.3. The fourth-order valence-corrected chi connectivity index (χ4v) is 2.30. The largest absolute Gasteiger partial charge is 0.477 e. The van der Waals surface area contributed by atoms with Gasteiger partial charge in [0, 0.05) is 17.6 Å². The second-order valence-corrected chi connectivity index (χ2v) is 4.43. The Morgan fingerprint density at radius 1 is 1.50 bits per heavy atom. The van der Waals surface area contributed by atoms with Crippen LogP contribution >= 0.6 is 11.6 Å². The minimum atomic E-state index is -0.962. The Morgan fingerprint density at radius 3 is 2.72 bits per heavy atom. The third kappa shape index (κ3) is 2.06. The van der Waals surface area contributed by atoms with Crippen LogP contribution in [0, 0.1) is 0 Å². The fourth-order valence-electron chi connectivity index (χ4n) is 2.18. The van der Waals surface area contributed by atoms with Gasteiger partial charge in [0.2, 0.25) is 5.28 Å². The molecule has 0 aliphatic rings. The number of aromatic carboxylic acids is 1. The van der Waals surface area contributed by atoms with Crippen LogP contribution in [0.4, 0.5) is 0 Å². The zero-order chi connectivity index (χ0) is 13.3. The van der Waals surface area contributed by atoms with Gasteiger partial charge in [0.25, 0.3) is 0 Å². The summed E-state index contributed by atoms with van der Waals surface area (Å²) >= 11 is 5.79. The number of halogens is 1. The lowest BCUT2D eigenvalue weighted by atomic mass is 10.1. The highest BCUT2D eigenvalue weighted by atomic mass is 35.5. The van der Waals surface area contributed by atoms with Crippen LogP contribution in [0.3, 0.4) is 0 Å². The van der Waals surface area contributed by atoms with Crippen LogP contribution in [-0.4, -0.2) is 25.6 Å². The summed E-state index contributed by atoms with van der Waals surface area (Å²) < 4.78 is 1.74. The number of nitrogens with zero attached hydrogens (tertiary/aromatic N) is 3. The van der Waals surface area contributed by atoms with Crippen molar-refractivity contribution in [3.05, 3.63) is 23.2 Å². The van der Waals surface area contributed by atoms with Crippen molar-refractivity contribution in [2.24, 2.45) is 0 Å². The van der Waals surface area contributed by atoms with Gasteiger partial charge >= 0.3 is 5.97 Å². The molecule has 1 N–H and O–H groups in total. The van der Waals surface area contributed by atoms with Crippen LogP contribution in [0.2, 0.25) is 5.28 Å². The van der Waals surface area contributed by atoms with Crippen molar-refractivity contribution in [1.82, 2.24) is 14.5 Å². The Morgan fingerprint density at radius 2 is 2.17 bits per heavy atom. The van der Waals surface area contributed by atoms with Crippen LogP contribution in [0.1, 0.15) is 43.2 Å². The minimum absolute atomic E-state index is 0.0968. The van der Waals surface area contributed by atoms with Crippen LogP contribution in [0.25, 0.3) is 11.0 Å². The fraction of sp³-hybridized carbons (Fsp3) is 0.417. The number of hydrogen-bond acceptors (Lipinski definition) is 3. The van der Waals surface area contributed by atoms with Crippen molar-refractivity contribution in [3.63, 3.8) is 0 Å². The van der Waals surface area contributed by atoms with E-state index in [2.05, 4.69) is 9.97 Å². The van der Waals surface area contributed by atoms with Crippen LogP contribution in [-0.2, 0) is 0 Å². The molecule has 5 nitrogen and oxygen atoms in total. The SMILES string of the molecule is CCC(CC)n1c(C(=O)O)cc2cnc(Cl)nc21. The van der Waals surface area contributed by atoms with E-state index in [4.69, 9.17) is 11.6 Å². The first kappa shape index (κ1) is 12.8. The highest BCUT2D eigenvalue weighted by Gasteiger charge is 2.20. The highest BCUT2D eigenvalue weighted by molar-refractivity contribution is 6.28. The van der Waals surface area contributed by atoms with E-state index in [-0.39, 0.29) is 17.0 Å². The lowest BCUT2D eigenvalue weighted by Gasteiger charge is -2.17. The van der Waals surface area contributed by atoms with E-state index in [0.717, 1.165) is 12.8 Å². The molecule has 2 aromatic heterocycles. The van der Waals surface area contributed by atoms with Crippen molar-refractivity contribution in [2.75, 3.05) is 0 Å². The molecule has 0 aliphatic heterocycles. The van der Waals surface area contributed by atoms with Gasteiger partial charge < -0.3 is 9.67 Å². The molecule has 0 saturated carbocycles. The molecule has 0 atom stereocenters. The number of hydrogen-bond donors (Lipinski definition) is 1. The highest BCUT2D eigenvalue weighted by Crippen LogP contribution is 2.27. The number of fused-ring (bicyclic) bond motifs is 1. The lowest BCUT2D eigenvalue weighted by molar-refractivity contribution is 0.0683. The second-order valence-electron chi connectivity index (χ2n) is 4.09. The Balaban J connectivity index is 2.75. The van der Waals surface area contributed by atoms with Crippen LogP contribution in [0.15, 0.2) is 12.3 Å². The normalized spacial score (nSPS) is 11.3. The Bertz CT molecular complexity index is 590. The maximum atomic E-state index is 11.3. The topological polar surface area (TPSA) is 68.0 Å². The molecule has 2 rings (SSSR count). The summed E-state index contributed by atoms with van der Waals surface area (Å²) in [6.45, 7) is 4.04. The molecule has 0 fully saturated rings. The predicted octanol–water partition coefficient (Wildman–Crippen LogP) is 3.14. The summed E-state index contributed by atoms with van der Waals surface area (Å²) in [6.07, 6.45) is 3.22. The standard InChI is InChI=1S/C12H14ClN3O2/c1-3-8(4-2)16-9(11(17)18)5-7-6-14-12(13)15-10(7)16/h5-6,8H,3-4H2,1-2H3,(H,17,18). The van der Waals surface area contributed by atoms with Gasteiger partial charge in [0.1, 0.15) is 11.3 Å². The molecule has 0 radical (unpaired) electrons. The quantitative estimate of drug-likeness (QED) is 0.864. The molecule has 18 heavy (non-hydrogen) atoms. The Kier molecular flexibility index (Phi) is 3.52. The molecule has 6 heteroatoms. The first-order valence-corrected chi connectivity index (χ1v) is 6.23. The second kappa shape index (κ2) is 4.94. The summed E-state index contributed by atoms with van der Waals surface area (Å²) in [5, 5.41) is 10.1. The van der Waals surface area contributed by atoms with E-state index in [0.29, 0.717) is 11.0 Å². The van der Waals surface area contributed by atoms with Crippen molar-refractivity contribution in [3.8, 4) is 0 Å². The number of carboxylic acids is 1.